The van der Waals surface area contributed by atoms with E-state index in [0.717, 1.165) is 44.5 Å². The number of aliphatic carboxylic acids is 2. The van der Waals surface area contributed by atoms with Gasteiger partial charge in [0.05, 0.1) is 33.4 Å². The molecule has 1 saturated heterocycles. The first-order valence-corrected chi connectivity index (χ1v) is 43.0. The van der Waals surface area contributed by atoms with E-state index in [1.54, 1.807) is 146 Å². The number of hydrogen-bond acceptors (Lipinski definition) is 26. The summed E-state index contributed by atoms with van der Waals surface area (Å²) in [4.78, 5) is 184. The van der Waals surface area contributed by atoms with E-state index in [0.29, 0.717) is 5.56 Å². The van der Waals surface area contributed by atoms with E-state index in [9.17, 15) is 82.1 Å². The van der Waals surface area contributed by atoms with Gasteiger partial charge in [-0.1, -0.05) is 273 Å². The van der Waals surface area contributed by atoms with Crippen molar-refractivity contribution >= 4 is 107 Å². The predicted molar refractivity (Wildman–Crippen MR) is 499 cm³/mol. The van der Waals surface area contributed by atoms with Gasteiger partial charge in [-0.15, -0.1) is 0 Å². The monoisotopic (exact) mass is 1870 g/mol. The molecule has 33 nitrogen and oxygen atoms in total. The molecule has 0 spiro atoms. The zero-order valence-corrected chi connectivity index (χ0v) is 74.2. The minimum atomic E-state index is -1.41. The van der Waals surface area contributed by atoms with Crippen LogP contribution in [0.25, 0.3) is 0 Å². The molecule has 33 heteroatoms. The highest BCUT2D eigenvalue weighted by atomic mass is 16.6. The van der Waals surface area contributed by atoms with Crippen molar-refractivity contribution in [2.24, 2.45) is 0 Å². The van der Waals surface area contributed by atoms with Crippen LogP contribution in [-0.4, -0.2) is 118 Å². The quantitative estimate of drug-likeness (QED) is 0.00776. The molecule has 0 bridgehead atoms. The molecule has 0 radical (unpaired) electrons. The maximum atomic E-state index is 13.3. The van der Waals surface area contributed by atoms with Crippen LogP contribution >= 0.6 is 0 Å². The molecule has 0 aliphatic carbocycles. The lowest BCUT2D eigenvalue weighted by atomic mass is 10.1. The van der Waals surface area contributed by atoms with Gasteiger partial charge in [-0.3, -0.25) is 19.2 Å². The fourth-order valence-corrected chi connectivity index (χ4v) is 12.6. The number of nitrogen functional groups attached to an aromatic ring is 1. The Labute approximate surface area is 791 Å². The van der Waals surface area contributed by atoms with Crippen LogP contribution in [0.4, 0.5) is 31.4 Å². The van der Waals surface area contributed by atoms with Gasteiger partial charge in [0, 0.05) is 36.3 Å². The smallest absolute Gasteiger partial charge is 0.408 e. The van der Waals surface area contributed by atoms with Crippen molar-refractivity contribution in [3.05, 3.63) is 411 Å². The fraction of sp³-hybridized carbons (Fsp3) is 0.171. The normalized spacial score (nSPS) is 11.9. The summed E-state index contributed by atoms with van der Waals surface area (Å²) in [5, 5.41) is 30.9. The highest BCUT2D eigenvalue weighted by molar-refractivity contribution is 6.03. The first-order valence-electron chi connectivity index (χ1n) is 43.0. The molecule has 0 aromatic heterocycles. The highest BCUT2D eigenvalue weighted by Crippen LogP contribution is 2.25. The highest BCUT2D eigenvalue weighted by Gasteiger charge is 2.32. The van der Waals surface area contributed by atoms with Crippen molar-refractivity contribution in [1.82, 2.24) is 16.0 Å². The molecule has 1 fully saturated rings. The van der Waals surface area contributed by atoms with Crippen LogP contribution in [0.1, 0.15) is 151 Å². The van der Waals surface area contributed by atoms with Crippen LogP contribution in [-0.2, 0) is 136 Å². The molecule has 9 N–H and O–H groups in total. The van der Waals surface area contributed by atoms with Crippen molar-refractivity contribution < 1.29 is 129 Å². The van der Waals surface area contributed by atoms with Crippen molar-refractivity contribution in [2.45, 2.75) is 116 Å². The number of hydrogen-bond donors (Lipinski definition) is 8. The second-order valence-corrected chi connectivity index (χ2v) is 30.3. The van der Waals surface area contributed by atoms with E-state index in [2.05, 4.69) is 31.3 Å². The molecule has 1 heterocycles. The summed E-state index contributed by atoms with van der Waals surface area (Å²) >= 11 is 0. The number of ether oxygens (including phenoxy) is 10. The number of cyclic esters (lactones) is 2. The van der Waals surface area contributed by atoms with E-state index >= 15 is 0 Å². The second-order valence-electron chi connectivity index (χ2n) is 30.3. The third-order valence-corrected chi connectivity index (χ3v) is 19.6. The number of anilines is 3. The van der Waals surface area contributed by atoms with Crippen molar-refractivity contribution in [3.63, 3.8) is 0 Å². The average molecular weight is 1870 g/mol. The summed E-state index contributed by atoms with van der Waals surface area (Å²) in [6, 6.07) is 90.3. The topological polar surface area (TPSA) is 475 Å². The Morgan fingerprint density at radius 3 is 0.848 bits per heavy atom. The summed E-state index contributed by atoms with van der Waals surface area (Å²) in [5.41, 5.74) is 13.6. The van der Waals surface area contributed by atoms with Gasteiger partial charge < -0.3 is 89.9 Å². The largest absolute Gasteiger partial charge is 0.481 e. The van der Waals surface area contributed by atoms with Crippen molar-refractivity contribution in [1.29, 1.82) is 0 Å². The lowest BCUT2D eigenvalue weighted by molar-refractivity contribution is -0.165. The molecular weight excluding hydrogens is 1780 g/mol. The van der Waals surface area contributed by atoms with Crippen LogP contribution in [0.2, 0.25) is 0 Å². The number of esters is 8. The lowest BCUT2D eigenvalue weighted by Crippen LogP contribution is -2.45. The van der Waals surface area contributed by atoms with Crippen LogP contribution in [0.5, 0.6) is 0 Å². The van der Waals surface area contributed by atoms with Gasteiger partial charge in [-0.05, 0) is 124 Å². The Kier molecular flexibility index (Phi) is 40.6. The second kappa shape index (κ2) is 54.8. The van der Waals surface area contributed by atoms with Crippen molar-refractivity contribution in [2.75, 3.05) is 16.4 Å². The molecule has 138 heavy (non-hydrogen) atoms. The van der Waals surface area contributed by atoms with Crippen LogP contribution in [0.3, 0.4) is 0 Å². The minimum absolute atomic E-state index is 0.00775. The van der Waals surface area contributed by atoms with E-state index in [1.807, 2.05) is 127 Å². The molecule has 5 amide bonds. The summed E-state index contributed by atoms with van der Waals surface area (Å²) in [5.74, 6) is -9.35. The van der Waals surface area contributed by atoms with E-state index < -0.39 is 114 Å². The molecule has 0 unspecified atom stereocenters. The number of nitrogens with one attached hydrogen (secondary N) is 5. The number of amides is 5. The lowest BCUT2D eigenvalue weighted by Gasteiger charge is -2.20. The molecule has 3 atom stereocenters. The molecule has 13 rings (SSSR count). The number of carboxylic acids is 2. The summed E-state index contributed by atoms with van der Waals surface area (Å²) in [7, 11) is 0. The number of nitrogens with two attached hydrogens (primary N) is 1. The van der Waals surface area contributed by atoms with Gasteiger partial charge in [0.25, 0.3) is 0 Å². The number of benzene rings is 12. The molecule has 1 aliphatic heterocycles. The number of alkyl carbamates (subject to hydrolysis) is 3. The van der Waals surface area contributed by atoms with E-state index in [1.165, 1.54) is 54.6 Å². The van der Waals surface area contributed by atoms with Gasteiger partial charge in [0.1, 0.15) is 77.6 Å². The zero-order valence-electron chi connectivity index (χ0n) is 74.2. The van der Waals surface area contributed by atoms with E-state index in [4.69, 9.17) is 48.4 Å². The first kappa shape index (κ1) is 102. The number of rotatable bonds is 37. The number of carboxylic acid groups (broad SMARTS) is 2. The van der Waals surface area contributed by atoms with Gasteiger partial charge in [0.15, 0.2) is 0 Å². The molecule has 708 valence electrons. The molecule has 12 aromatic rings. The summed E-state index contributed by atoms with van der Waals surface area (Å²) < 4.78 is 51.9. The van der Waals surface area contributed by atoms with Gasteiger partial charge >= 0.3 is 78.0 Å². The Bertz CT molecular complexity index is 5890. The fourth-order valence-electron chi connectivity index (χ4n) is 12.6. The third-order valence-electron chi connectivity index (χ3n) is 19.6. The maximum Gasteiger partial charge on any atom is 0.408 e. The van der Waals surface area contributed by atoms with Gasteiger partial charge in [-0.2, -0.15) is 0 Å². The SMILES string of the molecule is Nc1cc(C(=O)OCc2ccccc2)cc(C(=O)OCc2ccccc2)c1.O=C(CC[C@H](NC(=O)OCc1ccccc1)C(=O)O)Nc1cc(C(=O)OCc2ccccc2)cc(C(=O)OCc2ccccc2)c1.O=C(O)CC[C@H](NC(=O)OCc1ccccc1)C(=O)Nc1cc(C(=O)OCc2ccccc2)cc(C(=O)OCc2ccccc2)c1.O=C1CC[C@H](NC(=O)OCc2ccccc2)C(=O)O1. The molecule has 12 aromatic carbocycles. The molecular formula is C105H96N6O27. The van der Waals surface area contributed by atoms with Crippen LogP contribution in [0, 0.1) is 0 Å². The third kappa shape index (κ3) is 36.7. The summed E-state index contributed by atoms with van der Waals surface area (Å²) in [6.45, 7) is 0.189. The standard InChI is InChI=1S/2C35H32N2O9.C22H19NO4.C13H13NO5/c38-31(39)17-16-30(37-35(43)46-23-26-14-8-3-9-15-26)32(40)36-29-19-27(33(41)44-21-24-10-4-1-5-11-24)18-28(20-29)34(42)45-22-25-12-6-2-7-13-25;38-31(17-16-30(32(39)40)37-35(43)46-23-26-14-8-3-9-15-26)36-29-19-27(33(41)44-21-24-10-4-1-5-11-24)18-28(20-29)34(42)45-22-25-12-6-2-7-13-25;23-20-12-18(21(24)26-14-16-7-3-1-4-8-16)11-19(13-20)22(25)27-15-17-9-5-2-6-10-17;15-11-7-6-10(12(16)19-11)14-13(17)18-8-9-4-2-1-3-5-9/h1-15,18-20,30H,16-17,21-23H2,(H,36,40)(H,37,43)(H,38,39);1-15,18-20,30H,16-17,21-23H2,(H,36,38)(H,37,43)(H,39,40);1-13H,14-15,23H2;1-5,10H,6-8H2,(H,14,17)/t2*30-;;10-/m00.0/s1. The average Bonchev–Trinajstić information content (AvgIpc) is 0.814. The Balaban J connectivity index is 0.000000200. The summed E-state index contributed by atoms with van der Waals surface area (Å²) in [6.07, 6.45) is -3.51. The number of carbonyl (C=O) groups excluding carboxylic acids is 13. The zero-order chi connectivity index (χ0) is 98.2. The molecule has 0 saturated carbocycles. The Morgan fingerprint density at radius 2 is 0.572 bits per heavy atom. The van der Waals surface area contributed by atoms with Crippen LogP contribution < -0.4 is 32.3 Å². The molecule has 1 aliphatic rings. The van der Waals surface area contributed by atoms with Gasteiger partial charge in [-0.25, -0.2) is 52.7 Å². The van der Waals surface area contributed by atoms with Gasteiger partial charge in [0.2, 0.25) is 11.8 Å². The first-order chi connectivity index (χ1) is 66.8. The number of carbonyl (C=O) groups is 15. The van der Waals surface area contributed by atoms with Crippen LogP contribution in [0.15, 0.2) is 328 Å². The Morgan fingerprint density at radius 1 is 0.319 bits per heavy atom. The van der Waals surface area contributed by atoms with Crippen molar-refractivity contribution in [3.8, 4) is 0 Å². The minimum Gasteiger partial charge on any atom is -0.481 e. The Hall–Kier alpha value is -17.9. The maximum absolute atomic E-state index is 13.3. The predicted octanol–water partition coefficient (Wildman–Crippen LogP) is 16.1. The van der Waals surface area contributed by atoms with E-state index in [-0.39, 0.29) is 142 Å².